The van der Waals surface area contributed by atoms with E-state index >= 15 is 0 Å². The number of hydrogen-bond donors (Lipinski definition) is 3. The molecule has 136 valence electrons. The van der Waals surface area contributed by atoms with Crippen molar-refractivity contribution in [3.63, 3.8) is 0 Å². The number of hydrazine groups is 1. The summed E-state index contributed by atoms with van der Waals surface area (Å²) in [5, 5.41) is 2.52. The molecule has 0 saturated heterocycles. The van der Waals surface area contributed by atoms with Gasteiger partial charge in [-0.3, -0.25) is 30.0 Å². The second-order valence-corrected chi connectivity index (χ2v) is 6.11. The van der Waals surface area contributed by atoms with Gasteiger partial charge in [0.1, 0.15) is 5.69 Å². The first kappa shape index (κ1) is 17.6. The third-order valence-electron chi connectivity index (χ3n) is 4.10. The molecule has 1 aliphatic carbocycles. The molecule has 0 unspecified atom stereocenters. The lowest BCUT2D eigenvalue weighted by Crippen LogP contribution is -2.49. The standard InChI is InChI=1S/C17H19N5O4/c1-3-22-13-7-4-10(8-12(13)18-9(2)17(22)26)14(23)20-21-16(25)15(24)19-11-5-6-11/h4,7-8,11H,3,5-6H2,1-2H3,(H,19,24)(H,20,23)(H,21,25). The van der Waals surface area contributed by atoms with Crippen LogP contribution in [0.5, 0.6) is 0 Å². The first-order valence-electron chi connectivity index (χ1n) is 8.33. The molecule has 2 aromatic rings. The summed E-state index contributed by atoms with van der Waals surface area (Å²) in [7, 11) is 0. The highest BCUT2D eigenvalue weighted by atomic mass is 16.2. The summed E-state index contributed by atoms with van der Waals surface area (Å²) in [5.74, 6) is -2.30. The molecule has 3 rings (SSSR count). The second kappa shape index (κ2) is 6.95. The summed E-state index contributed by atoms with van der Waals surface area (Å²) in [6.07, 6.45) is 1.72. The van der Waals surface area contributed by atoms with E-state index in [2.05, 4.69) is 21.2 Å². The Bertz CT molecular complexity index is 962. The molecule has 0 radical (unpaired) electrons. The van der Waals surface area contributed by atoms with Crippen LogP contribution in [0, 0.1) is 6.92 Å². The van der Waals surface area contributed by atoms with Gasteiger partial charge in [0.15, 0.2) is 0 Å². The molecule has 3 N–H and O–H groups in total. The van der Waals surface area contributed by atoms with E-state index < -0.39 is 17.7 Å². The van der Waals surface area contributed by atoms with Crippen LogP contribution in [-0.2, 0) is 16.1 Å². The lowest BCUT2D eigenvalue weighted by Gasteiger charge is -2.11. The van der Waals surface area contributed by atoms with Crippen LogP contribution in [0.4, 0.5) is 0 Å². The highest BCUT2D eigenvalue weighted by Gasteiger charge is 2.26. The highest BCUT2D eigenvalue weighted by Crippen LogP contribution is 2.18. The van der Waals surface area contributed by atoms with Gasteiger partial charge in [0.25, 0.3) is 11.5 Å². The molecule has 1 fully saturated rings. The van der Waals surface area contributed by atoms with E-state index in [1.165, 1.54) is 12.1 Å². The lowest BCUT2D eigenvalue weighted by molar-refractivity contribution is -0.139. The molecule has 3 amide bonds. The normalized spacial score (nSPS) is 13.3. The molecule has 1 heterocycles. The predicted molar refractivity (Wildman–Crippen MR) is 93.2 cm³/mol. The average molecular weight is 357 g/mol. The largest absolute Gasteiger partial charge is 0.345 e. The summed E-state index contributed by atoms with van der Waals surface area (Å²) in [6.45, 7) is 3.94. The Morgan fingerprint density at radius 1 is 1.19 bits per heavy atom. The Hall–Kier alpha value is -3.23. The predicted octanol–water partition coefficient (Wildman–Crippen LogP) is -0.236. The number of carbonyl (C=O) groups excluding carboxylic acids is 3. The van der Waals surface area contributed by atoms with Crippen LogP contribution in [0.1, 0.15) is 35.8 Å². The van der Waals surface area contributed by atoms with Crippen molar-refractivity contribution in [1.82, 2.24) is 25.7 Å². The number of fused-ring (bicyclic) bond motifs is 1. The van der Waals surface area contributed by atoms with Crippen LogP contribution < -0.4 is 21.7 Å². The first-order chi connectivity index (χ1) is 12.4. The fourth-order valence-corrected chi connectivity index (χ4v) is 2.55. The molecule has 1 saturated carbocycles. The van der Waals surface area contributed by atoms with Crippen LogP contribution in [-0.4, -0.2) is 33.3 Å². The molecule has 9 nitrogen and oxygen atoms in total. The highest BCUT2D eigenvalue weighted by molar-refractivity contribution is 6.35. The fourth-order valence-electron chi connectivity index (χ4n) is 2.55. The zero-order chi connectivity index (χ0) is 18.8. The maximum Gasteiger partial charge on any atom is 0.327 e. The van der Waals surface area contributed by atoms with Gasteiger partial charge in [-0.2, -0.15) is 0 Å². The van der Waals surface area contributed by atoms with Crippen molar-refractivity contribution in [1.29, 1.82) is 0 Å². The summed E-state index contributed by atoms with van der Waals surface area (Å²) >= 11 is 0. The summed E-state index contributed by atoms with van der Waals surface area (Å²) < 4.78 is 1.57. The molecule has 0 spiro atoms. The van der Waals surface area contributed by atoms with Gasteiger partial charge in [-0.05, 0) is 44.9 Å². The van der Waals surface area contributed by atoms with Crippen LogP contribution in [0.25, 0.3) is 11.0 Å². The molecule has 1 aliphatic rings. The maximum absolute atomic E-state index is 12.2. The number of benzene rings is 1. The number of nitrogens with zero attached hydrogens (tertiary/aromatic N) is 2. The monoisotopic (exact) mass is 357 g/mol. The van der Waals surface area contributed by atoms with E-state index in [0.717, 1.165) is 12.8 Å². The zero-order valence-corrected chi connectivity index (χ0v) is 14.5. The lowest BCUT2D eigenvalue weighted by atomic mass is 10.1. The molecule has 0 bridgehead atoms. The molecule has 0 atom stereocenters. The summed E-state index contributed by atoms with van der Waals surface area (Å²) in [6, 6.07) is 4.73. The minimum atomic E-state index is -0.931. The summed E-state index contributed by atoms with van der Waals surface area (Å²) in [4.78, 5) is 51.7. The number of carbonyl (C=O) groups is 3. The Morgan fingerprint density at radius 2 is 1.92 bits per heavy atom. The van der Waals surface area contributed by atoms with Crippen molar-refractivity contribution in [3.8, 4) is 0 Å². The van der Waals surface area contributed by atoms with Gasteiger partial charge < -0.3 is 9.88 Å². The third kappa shape index (κ3) is 3.56. The van der Waals surface area contributed by atoms with Crippen molar-refractivity contribution < 1.29 is 14.4 Å². The fraction of sp³-hybridized carbons (Fsp3) is 0.353. The molecule has 1 aromatic carbocycles. The van der Waals surface area contributed by atoms with Gasteiger partial charge in [0, 0.05) is 18.2 Å². The van der Waals surface area contributed by atoms with E-state index in [-0.39, 0.29) is 17.2 Å². The number of aromatic nitrogens is 2. The average Bonchev–Trinajstić information content (AvgIpc) is 3.44. The smallest absolute Gasteiger partial charge is 0.327 e. The van der Waals surface area contributed by atoms with Crippen LogP contribution in [0.3, 0.4) is 0 Å². The Kier molecular flexibility index (Phi) is 4.70. The molecule has 0 aliphatic heterocycles. The van der Waals surface area contributed by atoms with Gasteiger partial charge in [-0.15, -0.1) is 0 Å². The van der Waals surface area contributed by atoms with E-state index in [1.807, 2.05) is 6.92 Å². The van der Waals surface area contributed by atoms with Crippen molar-refractivity contribution in [3.05, 3.63) is 39.8 Å². The number of nitrogens with one attached hydrogen (secondary N) is 3. The van der Waals surface area contributed by atoms with Gasteiger partial charge in [-0.25, -0.2) is 4.98 Å². The van der Waals surface area contributed by atoms with Crippen molar-refractivity contribution >= 4 is 28.8 Å². The number of rotatable bonds is 3. The SMILES string of the molecule is CCn1c(=O)c(C)nc2cc(C(=O)NNC(=O)C(=O)NC3CC3)ccc21. The Morgan fingerprint density at radius 3 is 2.58 bits per heavy atom. The number of hydrogen-bond acceptors (Lipinski definition) is 5. The Labute approximate surface area is 148 Å². The van der Waals surface area contributed by atoms with Crippen molar-refractivity contribution in [2.24, 2.45) is 0 Å². The van der Waals surface area contributed by atoms with Gasteiger partial charge in [0.05, 0.1) is 11.0 Å². The molecular weight excluding hydrogens is 338 g/mol. The second-order valence-electron chi connectivity index (χ2n) is 6.11. The van der Waals surface area contributed by atoms with Gasteiger partial charge in [-0.1, -0.05) is 0 Å². The van der Waals surface area contributed by atoms with Crippen LogP contribution in [0.2, 0.25) is 0 Å². The van der Waals surface area contributed by atoms with E-state index in [4.69, 9.17) is 0 Å². The number of aryl methyl sites for hydroxylation is 2. The van der Waals surface area contributed by atoms with E-state index in [0.29, 0.717) is 23.3 Å². The quantitative estimate of drug-likeness (QED) is 0.517. The topological polar surface area (TPSA) is 122 Å². The van der Waals surface area contributed by atoms with Crippen molar-refractivity contribution in [2.45, 2.75) is 39.3 Å². The van der Waals surface area contributed by atoms with Crippen LogP contribution >= 0.6 is 0 Å². The third-order valence-corrected chi connectivity index (χ3v) is 4.10. The molecular formula is C17H19N5O4. The molecule has 1 aromatic heterocycles. The molecule has 26 heavy (non-hydrogen) atoms. The minimum absolute atomic E-state index is 0.0509. The van der Waals surface area contributed by atoms with Crippen molar-refractivity contribution in [2.75, 3.05) is 0 Å². The van der Waals surface area contributed by atoms with Gasteiger partial charge >= 0.3 is 11.8 Å². The first-order valence-corrected chi connectivity index (χ1v) is 8.33. The Balaban J connectivity index is 1.74. The summed E-state index contributed by atoms with van der Waals surface area (Å²) in [5.41, 5.74) is 5.79. The maximum atomic E-state index is 12.2. The van der Waals surface area contributed by atoms with E-state index in [9.17, 15) is 19.2 Å². The minimum Gasteiger partial charge on any atom is -0.345 e. The zero-order valence-electron chi connectivity index (χ0n) is 14.5. The van der Waals surface area contributed by atoms with E-state index in [1.54, 1.807) is 17.6 Å². The number of amides is 3. The van der Waals surface area contributed by atoms with Gasteiger partial charge in [0.2, 0.25) is 0 Å². The van der Waals surface area contributed by atoms with Crippen LogP contribution in [0.15, 0.2) is 23.0 Å². The molecule has 9 heteroatoms.